The van der Waals surface area contributed by atoms with Gasteiger partial charge in [0, 0.05) is 32.2 Å². The van der Waals surface area contributed by atoms with E-state index in [-0.39, 0.29) is 37.6 Å². The van der Waals surface area contributed by atoms with Gasteiger partial charge in [0.05, 0.1) is 13.7 Å². The van der Waals surface area contributed by atoms with Crippen molar-refractivity contribution in [1.82, 2.24) is 20.4 Å². The number of nitrogens with zero attached hydrogens (tertiary/aromatic N) is 2. The van der Waals surface area contributed by atoms with Gasteiger partial charge in [0.2, 0.25) is 11.8 Å². The summed E-state index contributed by atoms with van der Waals surface area (Å²) in [6.45, 7) is 1.49. The lowest BCUT2D eigenvalue weighted by atomic mass is 10.0. The van der Waals surface area contributed by atoms with Gasteiger partial charge in [-0.25, -0.2) is 9.59 Å². The number of methoxy groups -OCH3 is 1. The Hall–Kier alpha value is -4.13. The molecule has 4 rings (SSSR count). The van der Waals surface area contributed by atoms with Crippen LogP contribution in [0, 0.1) is 0 Å². The number of likely N-dealkylation sites (tertiary alicyclic amines) is 1. The molecular formula is C35H45N5O6S. The number of carbonyl (C=O) groups excluding carboxylic acids is 4. The minimum absolute atomic E-state index is 0.0232. The Morgan fingerprint density at radius 3 is 2.55 bits per heavy atom. The van der Waals surface area contributed by atoms with E-state index >= 15 is 0 Å². The van der Waals surface area contributed by atoms with Crippen LogP contribution >= 0.6 is 11.8 Å². The van der Waals surface area contributed by atoms with Crippen LogP contribution in [-0.4, -0.2) is 97.1 Å². The van der Waals surface area contributed by atoms with Crippen molar-refractivity contribution in [3.05, 3.63) is 83.9 Å². The third-order valence-electron chi connectivity index (χ3n) is 8.20. The zero-order valence-corrected chi connectivity index (χ0v) is 27.9. The van der Waals surface area contributed by atoms with Crippen molar-refractivity contribution in [2.24, 2.45) is 5.73 Å². The highest BCUT2D eigenvalue weighted by Crippen LogP contribution is 2.23. The highest BCUT2D eigenvalue weighted by molar-refractivity contribution is 7.98. The normalized spacial score (nSPS) is 15.7. The number of benzene rings is 3. The second kappa shape index (κ2) is 18.3. The van der Waals surface area contributed by atoms with Gasteiger partial charge in [0.25, 0.3) is 0 Å². The maximum absolute atomic E-state index is 13.5. The van der Waals surface area contributed by atoms with E-state index < -0.39 is 24.1 Å². The molecule has 252 valence electrons. The zero-order valence-electron chi connectivity index (χ0n) is 27.1. The molecular weight excluding hydrogens is 618 g/mol. The molecule has 1 heterocycles. The van der Waals surface area contributed by atoms with E-state index in [0.717, 1.165) is 34.7 Å². The Morgan fingerprint density at radius 2 is 1.79 bits per heavy atom. The summed E-state index contributed by atoms with van der Waals surface area (Å²) in [5.41, 5.74) is 8.17. The van der Waals surface area contributed by atoms with E-state index in [2.05, 4.69) is 16.7 Å². The Kier molecular flexibility index (Phi) is 13.9. The molecule has 12 heteroatoms. The van der Waals surface area contributed by atoms with E-state index in [1.807, 2.05) is 77.9 Å². The van der Waals surface area contributed by atoms with Gasteiger partial charge in [-0.3, -0.25) is 14.5 Å². The lowest BCUT2D eigenvalue weighted by molar-refractivity contribution is -0.145. The summed E-state index contributed by atoms with van der Waals surface area (Å²) in [7, 11) is 1.31. The number of rotatable bonds is 16. The number of hydrogen-bond donors (Lipinski definition) is 3. The van der Waals surface area contributed by atoms with E-state index in [9.17, 15) is 19.2 Å². The standard InChI is InChI=1S/C35H45N5O6S/c1-45-34(43)31(17-19-47-2)38-32(41)23-39(21-27-14-8-13-26-12-6-7-16-29(26)27)22-28-15-9-18-40(28)33(42)30(36)20-37-35(44)46-24-25-10-4-3-5-11-25/h3-8,10-14,16,28,30-31H,9,15,17-24,36H2,1-2H3,(H,37,44)(H,38,41)/t28-,30-,31?/m0/s1. The Labute approximate surface area is 280 Å². The van der Waals surface area contributed by atoms with E-state index in [0.29, 0.717) is 31.8 Å². The molecule has 0 radical (unpaired) electrons. The summed E-state index contributed by atoms with van der Waals surface area (Å²) in [6.07, 6.45) is 3.29. The largest absolute Gasteiger partial charge is 0.467 e. The maximum Gasteiger partial charge on any atom is 0.407 e. The van der Waals surface area contributed by atoms with E-state index in [4.69, 9.17) is 15.2 Å². The van der Waals surface area contributed by atoms with Crippen LogP contribution in [0.15, 0.2) is 72.8 Å². The summed E-state index contributed by atoms with van der Waals surface area (Å²) in [5.74, 6) is -0.355. The minimum Gasteiger partial charge on any atom is -0.467 e. The van der Waals surface area contributed by atoms with Gasteiger partial charge in [0.15, 0.2) is 0 Å². The highest BCUT2D eigenvalue weighted by Gasteiger charge is 2.34. The van der Waals surface area contributed by atoms with Crippen LogP contribution in [0.3, 0.4) is 0 Å². The SMILES string of the molecule is COC(=O)C(CCSC)NC(=O)CN(Cc1cccc2ccccc12)C[C@@H]1CCCN1C(=O)[C@@H](N)CNC(=O)OCc1ccccc1. The first-order valence-electron chi connectivity index (χ1n) is 15.8. The molecule has 3 atom stereocenters. The van der Waals surface area contributed by atoms with Crippen molar-refractivity contribution >= 4 is 46.4 Å². The number of hydrogen-bond acceptors (Lipinski definition) is 9. The first-order chi connectivity index (χ1) is 22.8. The first kappa shape index (κ1) is 35.7. The predicted octanol–water partition coefficient (Wildman–Crippen LogP) is 3.30. The van der Waals surface area contributed by atoms with Crippen LogP contribution in [0.4, 0.5) is 4.79 Å². The van der Waals surface area contributed by atoms with Crippen molar-refractivity contribution in [3.63, 3.8) is 0 Å². The third kappa shape index (κ3) is 10.7. The summed E-state index contributed by atoms with van der Waals surface area (Å²) in [4.78, 5) is 55.3. The van der Waals surface area contributed by atoms with E-state index in [1.165, 1.54) is 7.11 Å². The molecule has 3 aromatic carbocycles. The molecule has 1 fully saturated rings. The van der Waals surface area contributed by atoms with Crippen LogP contribution in [0.2, 0.25) is 0 Å². The number of thioether (sulfide) groups is 1. The molecule has 3 aromatic rings. The van der Waals surface area contributed by atoms with Crippen molar-refractivity contribution in [1.29, 1.82) is 0 Å². The smallest absolute Gasteiger partial charge is 0.407 e. The molecule has 1 aliphatic rings. The molecule has 1 unspecified atom stereocenters. The number of nitrogens with one attached hydrogen (secondary N) is 2. The molecule has 0 bridgehead atoms. The van der Waals surface area contributed by atoms with Crippen molar-refractivity contribution in [3.8, 4) is 0 Å². The van der Waals surface area contributed by atoms with Crippen LogP contribution in [0.5, 0.6) is 0 Å². The zero-order chi connectivity index (χ0) is 33.6. The van der Waals surface area contributed by atoms with Crippen LogP contribution < -0.4 is 16.4 Å². The van der Waals surface area contributed by atoms with Gasteiger partial charge in [-0.05, 0) is 53.2 Å². The molecule has 4 N–H and O–H groups in total. The molecule has 11 nitrogen and oxygen atoms in total. The van der Waals surface area contributed by atoms with Gasteiger partial charge >= 0.3 is 12.1 Å². The van der Waals surface area contributed by atoms with Gasteiger partial charge in [-0.1, -0.05) is 72.8 Å². The van der Waals surface area contributed by atoms with Crippen molar-refractivity contribution in [2.75, 3.05) is 45.3 Å². The fourth-order valence-electron chi connectivity index (χ4n) is 5.81. The van der Waals surface area contributed by atoms with Crippen molar-refractivity contribution < 1.29 is 28.7 Å². The van der Waals surface area contributed by atoms with Gasteiger partial charge in [-0.2, -0.15) is 11.8 Å². The summed E-state index contributed by atoms with van der Waals surface area (Å²) in [5, 5.41) is 7.63. The average molecular weight is 664 g/mol. The molecule has 3 amide bonds. The molecule has 0 aliphatic carbocycles. The number of ether oxygens (including phenoxy) is 2. The van der Waals surface area contributed by atoms with Gasteiger partial charge in [0.1, 0.15) is 18.7 Å². The molecule has 47 heavy (non-hydrogen) atoms. The Morgan fingerprint density at radius 1 is 1.04 bits per heavy atom. The molecule has 0 saturated carbocycles. The minimum atomic E-state index is -0.952. The topological polar surface area (TPSA) is 143 Å². The van der Waals surface area contributed by atoms with Gasteiger partial charge in [-0.15, -0.1) is 0 Å². The fourth-order valence-corrected chi connectivity index (χ4v) is 6.28. The number of esters is 1. The number of alkyl carbamates (subject to hydrolysis) is 1. The molecule has 1 saturated heterocycles. The Balaban J connectivity index is 1.42. The summed E-state index contributed by atoms with van der Waals surface area (Å²) >= 11 is 1.59. The van der Waals surface area contributed by atoms with Gasteiger partial charge < -0.3 is 30.7 Å². The number of fused-ring (bicyclic) bond motifs is 1. The monoisotopic (exact) mass is 663 g/mol. The second-order valence-electron chi connectivity index (χ2n) is 11.6. The quantitative estimate of drug-likeness (QED) is 0.197. The summed E-state index contributed by atoms with van der Waals surface area (Å²) in [6, 6.07) is 21.6. The van der Waals surface area contributed by atoms with Crippen LogP contribution in [-0.2, 0) is 37.0 Å². The first-order valence-corrected chi connectivity index (χ1v) is 17.2. The highest BCUT2D eigenvalue weighted by atomic mass is 32.2. The second-order valence-corrected chi connectivity index (χ2v) is 12.6. The van der Waals surface area contributed by atoms with Crippen LogP contribution in [0.1, 0.15) is 30.4 Å². The van der Waals surface area contributed by atoms with Crippen LogP contribution in [0.25, 0.3) is 10.8 Å². The van der Waals surface area contributed by atoms with E-state index in [1.54, 1.807) is 16.7 Å². The average Bonchev–Trinajstić information content (AvgIpc) is 3.55. The van der Waals surface area contributed by atoms with Crippen molar-refractivity contribution in [2.45, 2.75) is 50.5 Å². The Bertz CT molecular complexity index is 1490. The fraction of sp³-hybridized carbons (Fsp3) is 0.429. The lowest BCUT2D eigenvalue weighted by Crippen LogP contribution is -2.53. The third-order valence-corrected chi connectivity index (χ3v) is 8.84. The maximum atomic E-state index is 13.5. The number of nitrogens with two attached hydrogens (primary N) is 1. The summed E-state index contributed by atoms with van der Waals surface area (Å²) < 4.78 is 10.2. The molecule has 1 aliphatic heterocycles. The number of carbonyl (C=O) groups is 4. The molecule has 0 spiro atoms. The predicted molar refractivity (Wildman–Crippen MR) is 184 cm³/mol. The lowest BCUT2D eigenvalue weighted by Gasteiger charge is -2.32. The molecule has 0 aromatic heterocycles. The number of amides is 3.